The maximum atomic E-state index is 11.4. The van der Waals surface area contributed by atoms with Gasteiger partial charge in [-0.15, -0.1) is 0 Å². The lowest BCUT2D eigenvalue weighted by Crippen LogP contribution is -2.27. The van der Waals surface area contributed by atoms with Crippen molar-refractivity contribution in [3.05, 3.63) is 0 Å². The van der Waals surface area contributed by atoms with Crippen molar-refractivity contribution in [3.63, 3.8) is 0 Å². The summed E-state index contributed by atoms with van der Waals surface area (Å²) in [5.74, 6) is 3.82. The molecule has 10 atom stereocenters. The van der Waals surface area contributed by atoms with Crippen LogP contribution in [-0.2, 0) is 23.8 Å². The molecule has 10 unspecified atom stereocenters. The summed E-state index contributed by atoms with van der Waals surface area (Å²) in [6.07, 6.45) is 4.62. The van der Waals surface area contributed by atoms with Crippen molar-refractivity contribution in [2.45, 2.75) is 57.0 Å². The van der Waals surface area contributed by atoms with Crippen LogP contribution in [0.3, 0.4) is 0 Å². The van der Waals surface area contributed by atoms with E-state index in [0.29, 0.717) is 41.6 Å². The van der Waals surface area contributed by atoms with E-state index in [2.05, 4.69) is 13.8 Å². The number of esters is 1. The third kappa shape index (κ3) is 1.82. The van der Waals surface area contributed by atoms with Crippen LogP contribution in [0.4, 0.5) is 0 Å². The Hall–Kier alpha value is -0.620. The van der Waals surface area contributed by atoms with Gasteiger partial charge in [0.05, 0.1) is 17.3 Å². The molecule has 0 aromatic heterocycles. The van der Waals surface area contributed by atoms with Crippen LogP contribution in [0.5, 0.6) is 0 Å². The van der Waals surface area contributed by atoms with Crippen molar-refractivity contribution in [1.82, 2.24) is 0 Å². The summed E-state index contributed by atoms with van der Waals surface area (Å²) in [6, 6.07) is 0. The van der Waals surface area contributed by atoms with Crippen LogP contribution in [0, 0.1) is 41.4 Å². The van der Waals surface area contributed by atoms with Crippen molar-refractivity contribution < 1.29 is 22.1 Å². The molecule has 23 heavy (non-hydrogen) atoms. The highest BCUT2D eigenvalue weighted by Gasteiger charge is 2.62. The summed E-state index contributed by atoms with van der Waals surface area (Å²) in [4.78, 5) is 11.2. The van der Waals surface area contributed by atoms with Crippen molar-refractivity contribution in [2.75, 3.05) is 0 Å². The summed E-state index contributed by atoms with van der Waals surface area (Å²) in [5, 5.41) is -0.149. The van der Waals surface area contributed by atoms with Gasteiger partial charge in [0.25, 0.3) is 10.1 Å². The smallest absolute Gasteiger partial charge is 0.309 e. The third-order valence-corrected chi connectivity index (χ3v) is 9.55. The quantitative estimate of drug-likeness (QED) is 0.498. The first-order chi connectivity index (χ1) is 10.9. The Morgan fingerprint density at radius 1 is 0.913 bits per heavy atom. The fourth-order valence-electron chi connectivity index (χ4n) is 6.47. The summed E-state index contributed by atoms with van der Waals surface area (Å²) in [5.41, 5.74) is 0. The summed E-state index contributed by atoms with van der Waals surface area (Å²) >= 11 is 0. The van der Waals surface area contributed by atoms with Gasteiger partial charge in [0, 0.05) is 11.8 Å². The number of rotatable bonds is 0. The van der Waals surface area contributed by atoms with Gasteiger partial charge in [-0.25, -0.2) is 0 Å². The van der Waals surface area contributed by atoms with Crippen LogP contribution in [0.25, 0.3) is 0 Å². The second-order valence-electron chi connectivity index (χ2n) is 8.61. The number of carbonyl (C=O) groups is 1. The zero-order valence-corrected chi connectivity index (χ0v) is 14.4. The first-order valence-electron chi connectivity index (χ1n) is 8.99. The lowest BCUT2D eigenvalue weighted by Gasteiger charge is -2.20. The minimum atomic E-state index is -3.16. The molecule has 6 fully saturated rings. The molecule has 0 radical (unpaired) electrons. The van der Waals surface area contributed by atoms with Crippen molar-refractivity contribution in [1.29, 1.82) is 0 Å². The molecule has 6 heteroatoms. The molecular formula is C17H24O5S. The lowest BCUT2D eigenvalue weighted by molar-refractivity contribution is -0.144. The van der Waals surface area contributed by atoms with Gasteiger partial charge in [0.2, 0.25) is 0 Å². The van der Waals surface area contributed by atoms with E-state index in [4.69, 9.17) is 8.92 Å². The molecule has 128 valence electrons. The highest BCUT2D eigenvalue weighted by Crippen LogP contribution is 2.57. The molecule has 4 saturated carbocycles. The van der Waals surface area contributed by atoms with Crippen molar-refractivity contribution >= 4 is 16.1 Å². The first-order valence-corrected chi connectivity index (χ1v) is 10.5. The highest BCUT2D eigenvalue weighted by atomic mass is 32.2. The third-order valence-electron chi connectivity index (χ3n) is 7.77. The molecule has 0 aromatic rings. The van der Waals surface area contributed by atoms with E-state index in [1.165, 1.54) is 6.42 Å². The molecule has 6 rings (SSSR count). The van der Waals surface area contributed by atoms with E-state index in [-0.39, 0.29) is 17.3 Å². The maximum absolute atomic E-state index is 11.4. The van der Waals surface area contributed by atoms with E-state index < -0.39 is 10.1 Å². The molecule has 0 aromatic carbocycles. The highest BCUT2D eigenvalue weighted by molar-refractivity contribution is 7.87. The number of ether oxygens (including phenoxy) is 1. The SMILES string of the molecule is CC1C2CC3C(=O)OC1C3C2.CC1C2CC3C1OS(=O)(=O)C3C2. The zero-order chi connectivity index (χ0) is 16.1. The molecular weight excluding hydrogens is 316 g/mol. The zero-order valence-electron chi connectivity index (χ0n) is 13.6. The van der Waals surface area contributed by atoms with Gasteiger partial charge in [-0.1, -0.05) is 13.8 Å². The van der Waals surface area contributed by atoms with Crippen LogP contribution in [0.1, 0.15) is 39.5 Å². The van der Waals surface area contributed by atoms with Crippen LogP contribution in [-0.4, -0.2) is 31.8 Å². The molecule has 4 bridgehead atoms. The van der Waals surface area contributed by atoms with Gasteiger partial charge in [-0.2, -0.15) is 8.42 Å². The molecule has 2 aliphatic heterocycles. The standard InChI is InChI=1S/C9H12O2.C8H12O3S/c1-4-5-2-6-7(3-5)9(10)11-8(4)6;1-4-5-2-6-7(3-5)12(9,10)11-8(4)6/h4-8H,2-3H2,1H3;4-8H,2-3H2,1H3. The normalized spacial score (nSPS) is 59.1. The fourth-order valence-corrected chi connectivity index (χ4v) is 8.42. The van der Waals surface area contributed by atoms with Crippen LogP contribution in [0.2, 0.25) is 0 Å². The Labute approximate surface area is 137 Å². The Bertz CT molecular complexity index is 658. The van der Waals surface area contributed by atoms with E-state index in [1.807, 2.05) is 0 Å². The number of fused-ring (bicyclic) bond motifs is 2. The Morgan fingerprint density at radius 2 is 1.57 bits per heavy atom. The number of hydrogen-bond donors (Lipinski definition) is 0. The lowest BCUT2D eigenvalue weighted by atomic mass is 9.83. The molecule has 0 spiro atoms. The maximum Gasteiger partial charge on any atom is 0.309 e. The molecule has 4 aliphatic carbocycles. The number of hydrogen-bond acceptors (Lipinski definition) is 5. The van der Waals surface area contributed by atoms with E-state index in [1.54, 1.807) is 0 Å². The second kappa shape index (κ2) is 4.51. The van der Waals surface area contributed by atoms with Gasteiger partial charge < -0.3 is 4.74 Å². The van der Waals surface area contributed by atoms with Gasteiger partial charge >= 0.3 is 5.97 Å². The molecule has 0 N–H and O–H groups in total. The molecule has 2 heterocycles. The first kappa shape index (κ1) is 14.7. The van der Waals surface area contributed by atoms with Crippen LogP contribution >= 0.6 is 0 Å². The average molecular weight is 340 g/mol. The second-order valence-corrected chi connectivity index (χ2v) is 10.4. The van der Waals surface area contributed by atoms with Crippen molar-refractivity contribution in [3.8, 4) is 0 Å². The minimum absolute atomic E-state index is 0.0266. The predicted molar refractivity (Wildman–Crippen MR) is 81.7 cm³/mol. The van der Waals surface area contributed by atoms with Gasteiger partial charge in [0.15, 0.2) is 0 Å². The van der Waals surface area contributed by atoms with Gasteiger partial charge in [0.1, 0.15) is 6.10 Å². The Morgan fingerprint density at radius 3 is 2.17 bits per heavy atom. The summed E-state index contributed by atoms with van der Waals surface area (Å²) in [6.45, 7) is 4.34. The van der Waals surface area contributed by atoms with E-state index >= 15 is 0 Å². The molecule has 2 saturated heterocycles. The van der Waals surface area contributed by atoms with E-state index in [9.17, 15) is 13.2 Å². The average Bonchev–Trinajstić information content (AvgIpc) is 3.25. The Kier molecular flexibility index (Phi) is 2.88. The predicted octanol–water partition coefficient (Wildman–Crippen LogP) is 1.96. The van der Waals surface area contributed by atoms with Crippen molar-refractivity contribution in [2.24, 2.45) is 41.4 Å². The monoisotopic (exact) mass is 340 g/mol. The summed E-state index contributed by atoms with van der Waals surface area (Å²) in [7, 11) is -3.16. The fraction of sp³-hybridized carbons (Fsp3) is 0.941. The van der Waals surface area contributed by atoms with Crippen LogP contribution in [0.15, 0.2) is 0 Å². The largest absolute Gasteiger partial charge is 0.462 e. The van der Waals surface area contributed by atoms with Gasteiger partial charge in [-0.3, -0.25) is 8.98 Å². The molecule has 6 aliphatic rings. The van der Waals surface area contributed by atoms with Crippen LogP contribution < -0.4 is 0 Å². The number of carbonyl (C=O) groups excluding carboxylic acids is 1. The minimum Gasteiger partial charge on any atom is -0.462 e. The molecule has 5 nitrogen and oxygen atoms in total. The Balaban J connectivity index is 0.000000106. The molecule has 0 amide bonds. The van der Waals surface area contributed by atoms with Gasteiger partial charge in [-0.05, 0) is 49.4 Å². The topological polar surface area (TPSA) is 69.7 Å². The van der Waals surface area contributed by atoms with E-state index in [0.717, 1.165) is 25.2 Å². The summed E-state index contributed by atoms with van der Waals surface area (Å²) < 4.78 is 33.2.